The van der Waals surface area contributed by atoms with E-state index in [2.05, 4.69) is 70.9 Å². The summed E-state index contributed by atoms with van der Waals surface area (Å²) in [7, 11) is 0. The molecular formula is C30H44. The second kappa shape index (κ2) is 9.54. The molecule has 0 heterocycles. The van der Waals surface area contributed by atoms with E-state index in [-0.39, 0.29) is 5.41 Å². The lowest BCUT2D eigenvalue weighted by Gasteiger charge is -2.52. The fraction of sp³-hybridized carbons (Fsp3) is 0.533. The van der Waals surface area contributed by atoms with E-state index in [0.717, 1.165) is 23.8 Å². The lowest BCUT2D eigenvalue weighted by Crippen LogP contribution is -2.42. The largest absolute Gasteiger partial charge is 0.100 e. The Bertz CT molecular complexity index is 820. The first-order chi connectivity index (χ1) is 14.1. The molecule has 0 aromatic rings. The van der Waals surface area contributed by atoms with E-state index in [1.807, 2.05) is 27.7 Å². The van der Waals surface area contributed by atoms with Crippen LogP contribution in [0.15, 0.2) is 83.6 Å². The van der Waals surface area contributed by atoms with Gasteiger partial charge in [0.2, 0.25) is 0 Å². The Hall–Kier alpha value is -1.82. The highest BCUT2D eigenvalue weighted by atomic mass is 14.6. The Morgan fingerprint density at radius 2 is 1.77 bits per heavy atom. The summed E-state index contributed by atoms with van der Waals surface area (Å²) >= 11 is 0. The molecule has 0 bridgehead atoms. The molecule has 164 valence electrons. The van der Waals surface area contributed by atoms with Crippen molar-refractivity contribution < 1.29 is 0 Å². The highest BCUT2D eigenvalue weighted by Crippen LogP contribution is 2.63. The van der Waals surface area contributed by atoms with Gasteiger partial charge in [-0.05, 0) is 81.3 Å². The second-order valence-corrected chi connectivity index (χ2v) is 9.83. The average molecular weight is 405 g/mol. The van der Waals surface area contributed by atoms with Gasteiger partial charge in [0.1, 0.15) is 0 Å². The summed E-state index contributed by atoms with van der Waals surface area (Å²) in [4.78, 5) is 0. The lowest BCUT2D eigenvalue weighted by molar-refractivity contribution is 0.152. The molecule has 0 N–H and O–H groups in total. The highest BCUT2D eigenvalue weighted by Gasteiger charge is 2.52. The number of fused-ring (bicyclic) bond motifs is 5. The van der Waals surface area contributed by atoms with Crippen LogP contribution in [-0.2, 0) is 0 Å². The molecule has 0 nitrogen and oxygen atoms in total. The van der Waals surface area contributed by atoms with Crippen LogP contribution in [0, 0.1) is 22.7 Å². The maximum absolute atomic E-state index is 4.36. The number of hydrogen-bond acceptors (Lipinski definition) is 0. The van der Waals surface area contributed by atoms with E-state index in [4.69, 9.17) is 0 Å². The van der Waals surface area contributed by atoms with Gasteiger partial charge in [-0.1, -0.05) is 93.5 Å². The summed E-state index contributed by atoms with van der Waals surface area (Å²) in [5.74, 6) is 1.48. The molecule has 0 spiro atoms. The molecule has 0 radical (unpaired) electrons. The SMILES string of the molecule is C=C(C)C.C=C1C=CC2(C)C(=C1)CCC1C2=CCC2(C)C(C(=C)CC)=CCC12.CC. The maximum atomic E-state index is 4.36. The van der Waals surface area contributed by atoms with Crippen molar-refractivity contribution in [3.05, 3.63) is 83.6 Å². The molecule has 0 saturated heterocycles. The van der Waals surface area contributed by atoms with Crippen LogP contribution in [0.25, 0.3) is 0 Å². The third-order valence-corrected chi connectivity index (χ3v) is 7.43. The summed E-state index contributed by atoms with van der Waals surface area (Å²) in [6.07, 6.45) is 18.1. The maximum Gasteiger partial charge on any atom is 0.0281 e. The zero-order chi connectivity index (χ0) is 22.7. The van der Waals surface area contributed by atoms with Gasteiger partial charge in [-0.2, -0.15) is 0 Å². The number of hydrogen-bond donors (Lipinski definition) is 0. The number of allylic oxidation sites excluding steroid dienone is 11. The van der Waals surface area contributed by atoms with Crippen molar-refractivity contribution in [3.63, 3.8) is 0 Å². The van der Waals surface area contributed by atoms with Gasteiger partial charge in [-0.25, -0.2) is 0 Å². The summed E-state index contributed by atoms with van der Waals surface area (Å²) in [5.41, 5.74) is 8.94. The zero-order valence-corrected chi connectivity index (χ0v) is 20.7. The highest BCUT2D eigenvalue weighted by molar-refractivity contribution is 5.52. The van der Waals surface area contributed by atoms with E-state index in [1.165, 1.54) is 36.8 Å². The molecule has 0 aromatic heterocycles. The van der Waals surface area contributed by atoms with Gasteiger partial charge >= 0.3 is 0 Å². The van der Waals surface area contributed by atoms with Crippen LogP contribution in [0.2, 0.25) is 0 Å². The first-order valence-corrected chi connectivity index (χ1v) is 11.9. The van der Waals surface area contributed by atoms with Gasteiger partial charge in [0.25, 0.3) is 0 Å². The summed E-state index contributed by atoms with van der Waals surface area (Å²) in [6, 6.07) is 0. The first-order valence-electron chi connectivity index (χ1n) is 11.9. The predicted octanol–water partition coefficient (Wildman–Crippen LogP) is 9.31. The molecule has 4 rings (SSSR count). The Kier molecular flexibility index (Phi) is 7.78. The van der Waals surface area contributed by atoms with Crippen molar-refractivity contribution in [1.82, 2.24) is 0 Å². The van der Waals surface area contributed by atoms with Crippen molar-refractivity contribution in [1.29, 1.82) is 0 Å². The molecule has 4 aliphatic rings. The van der Waals surface area contributed by atoms with Gasteiger partial charge < -0.3 is 0 Å². The predicted molar refractivity (Wildman–Crippen MR) is 135 cm³/mol. The molecule has 4 unspecified atom stereocenters. The fourth-order valence-electron chi connectivity index (χ4n) is 5.92. The molecule has 0 amide bonds. The monoisotopic (exact) mass is 404 g/mol. The molecule has 4 aliphatic carbocycles. The minimum atomic E-state index is 0.135. The lowest BCUT2D eigenvalue weighted by atomic mass is 9.52. The van der Waals surface area contributed by atoms with E-state index in [9.17, 15) is 0 Å². The van der Waals surface area contributed by atoms with Crippen molar-refractivity contribution in [2.45, 2.75) is 80.6 Å². The van der Waals surface area contributed by atoms with Gasteiger partial charge in [-0.15, -0.1) is 6.58 Å². The van der Waals surface area contributed by atoms with Crippen LogP contribution in [-0.4, -0.2) is 0 Å². The molecule has 30 heavy (non-hydrogen) atoms. The Morgan fingerprint density at radius 1 is 1.13 bits per heavy atom. The molecule has 0 heteroatoms. The third-order valence-electron chi connectivity index (χ3n) is 7.43. The van der Waals surface area contributed by atoms with Crippen LogP contribution in [0.3, 0.4) is 0 Å². The minimum absolute atomic E-state index is 0.135. The zero-order valence-electron chi connectivity index (χ0n) is 20.7. The molecule has 1 fully saturated rings. The topological polar surface area (TPSA) is 0 Å². The van der Waals surface area contributed by atoms with Gasteiger partial charge in [0.05, 0.1) is 0 Å². The van der Waals surface area contributed by atoms with E-state index in [1.54, 1.807) is 16.7 Å². The molecule has 0 aromatic carbocycles. The van der Waals surface area contributed by atoms with Crippen molar-refractivity contribution in [2.24, 2.45) is 22.7 Å². The quantitative estimate of drug-likeness (QED) is 0.402. The average Bonchev–Trinajstić information content (AvgIpc) is 3.06. The molecule has 0 aliphatic heterocycles. The molecule has 4 atom stereocenters. The fourth-order valence-corrected chi connectivity index (χ4v) is 5.92. The summed E-state index contributed by atoms with van der Waals surface area (Å²) in [5, 5.41) is 0. The van der Waals surface area contributed by atoms with Crippen LogP contribution in [0.1, 0.15) is 80.6 Å². The Balaban J connectivity index is 0.000000481. The summed E-state index contributed by atoms with van der Waals surface area (Å²) < 4.78 is 0. The van der Waals surface area contributed by atoms with Crippen molar-refractivity contribution in [3.8, 4) is 0 Å². The first kappa shape index (κ1) is 24.4. The van der Waals surface area contributed by atoms with Crippen LogP contribution >= 0.6 is 0 Å². The molecular weight excluding hydrogens is 360 g/mol. The van der Waals surface area contributed by atoms with E-state index < -0.39 is 0 Å². The van der Waals surface area contributed by atoms with Crippen molar-refractivity contribution in [2.75, 3.05) is 0 Å². The van der Waals surface area contributed by atoms with Crippen LogP contribution in [0.4, 0.5) is 0 Å². The van der Waals surface area contributed by atoms with Gasteiger partial charge in [0, 0.05) is 5.41 Å². The third kappa shape index (κ3) is 4.29. The number of rotatable bonds is 2. The van der Waals surface area contributed by atoms with Gasteiger partial charge in [-0.3, -0.25) is 0 Å². The Morgan fingerprint density at radius 3 is 2.37 bits per heavy atom. The normalized spacial score (nSPS) is 33.2. The second-order valence-electron chi connectivity index (χ2n) is 9.83. The molecule has 1 saturated carbocycles. The van der Waals surface area contributed by atoms with Crippen LogP contribution < -0.4 is 0 Å². The Labute approximate surface area is 186 Å². The van der Waals surface area contributed by atoms with Gasteiger partial charge in [0.15, 0.2) is 0 Å². The summed E-state index contributed by atoms with van der Waals surface area (Å²) in [6.45, 7) is 27.2. The van der Waals surface area contributed by atoms with E-state index in [0.29, 0.717) is 5.41 Å². The van der Waals surface area contributed by atoms with Crippen molar-refractivity contribution >= 4 is 0 Å². The van der Waals surface area contributed by atoms with Crippen LogP contribution in [0.5, 0.6) is 0 Å². The minimum Gasteiger partial charge on any atom is -0.100 e. The van der Waals surface area contributed by atoms with E-state index >= 15 is 0 Å². The standard InChI is InChI=1S/C24H30.C4H8.C2H6/c1-6-17(3)20-9-10-21-19-8-7-18-15-16(2)11-13-23(18,4)22(19)12-14-24(20,21)5;1-4(2)3;1-2/h9,11-13,15,19,21H,2-3,6-8,10,14H2,1,4-5H3;1H2,2-3H3;1-2H3. The smallest absolute Gasteiger partial charge is 0.0281 e.